The lowest BCUT2D eigenvalue weighted by Gasteiger charge is -2.06. The van der Waals surface area contributed by atoms with Gasteiger partial charge in [-0.2, -0.15) is 5.10 Å². The summed E-state index contributed by atoms with van der Waals surface area (Å²) in [4.78, 5) is 24.7. The normalized spacial score (nSPS) is 10.9. The number of carbonyl (C=O) groups excluding carboxylic acids is 2. The first-order valence-corrected chi connectivity index (χ1v) is 10.3. The van der Waals surface area contributed by atoms with E-state index in [2.05, 4.69) is 10.5 Å². The van der Waals surface area contributed by atoms with Gasteiger partial charge in [0, 0.05) is 0 Å². The molecule has 4 rings (SSSR count). The number of carbonyl (C=O) groups is 2. The van der Waals surface area contributed by atoms with Crippen LogP contribution in [0.25, 0.3) is 10.8 Å². The molecule has 0 radical (unpaired) electrons. The van der Waals surface area contributed by atoms with E-state index in [0.717, 1.165) is 16.3 Å². The first-order chi connectivity index (χ1) is 15.6. The van der Waals surface area contributed by atoms with Gasteiger partial charge in [0.2, 0.25) is 5.91 Å². The standard InChI is InChI=1S/C26H19ClN2O3/c27-24-14-4-3-13-23(24)26(31)32-21-11-5-7-18(15-21)17-28-29-25(30)16-20-10-6-9-19-8-1-2-12-22(19)20/h1-15,17H,16H2,(H,29,30)/b28-17-. The van der Waals surface area contributed by atoms with E-state index < -0.39 is 5.97 Å². The summed E-state index contributed by atoms with van der Waals surface area (Å²) in [6.45, 7) is 0. The molecule has 5 nitrogen and oxygen atoms in total. The third kappa shape index (κ3) is 5.20. The number of benzene rings is 4. The van der Waals surface area contributed by atoms with Gasteiger partial charge in [0.15, 0.2) is 0 Å². The Labute approximate surface area is 190 Å². The minimum Gasteiger partial charge on any atom is -0.423 e. The van der Waals surface area contributed by atoms with E-state index in [1.165, 1.54) is 6.21 Å². The predicted molar refractivity (Wildman–Crippen MR) is 126 cm³/mol. The fourth-order valence-corrected chi connectivity index (χ4v) is 3.50. The Morgan fingerprint density at radius 1 is 0.906 bits per heavy atom. The Morgan fingerprint density at radius 3 is 2.53 bits per heavy atom. The van der Waals surface area contributed by atoms with E-state index in [9.17, 15) is 9.59 Å². The van der Waals surface area contributed by atoms with Gasteiger partial charge < -0.3 is 4.74 Å². The van der Waals surface area contributed by atoms with Crippen LogP contribution in [-0.2, 0) is 11.2 Å². The van der Waals surface area contributed by atoms with Gasteiger partial charge in [-0.05, 0) is 46.2 Å². The molecule has 0 fully saturated rings. The van der Waals surface area contributed by atoms with Crippen molar-refractivity contribution in [3.05, 3.63) is 113 Å². The molecule has 1 N–H and O–H groups in total. The molecule has 1 amide bonds. The first kappa shape index (κ1) is 21.3. The maximum Gasteiger partial charge on any atom is 0.345 e. The Balaban J connectivity index is 1.38. The highest BCUT2D eigenvalue weighted by Gasteiger charge is 2.12. The average Bonchev–Trinajstić information content (AvgIpc) is 2.80. The Morgan fingerprint density at radius 2 is 1.66 bits per heavy atom. The molecule has 0 atom stereocenters. The van der Waals surface area contributed by atoms with E-state index in [0.29, 0.717) is 16.3 Å². The van der Waals surface area contributed by atoms with Crippen molar-refractivity contribution < 1.29 is 14.3 Å². The average molecular weight is 443 g/mol. The van der Waals surface area contributed by atoms with Gasteiger partial charge in [0.1, 0.15) is 5.75 Å². The summed E-state index contributed by atoms with van der Waals surface area (Å²) in [5.74, 6) is -0.423. The largest absolute Gasteiger partial charge is 0.423 e. The van der Waals surface area contributed by atoms with Crippen molar-refractivity contribution in [2.45, 2.75) is 6.42 Å². The highest BCUT2D eigenvalue weighted by Crippen LogP contribution is 2.20. The number of halogens is 1. The van der Waals surface area contributed by atoms with Crippen molar-refractivity contribution >= 4 is 40.5 Å². The maximum absolute atomic E-state index is 12.3. The third-order valence-corrected chi connectivity index (χ3v) is 5.13. The maximum atomic E-state index is 12.3. The third-order valence-electron chi connectivity index (χ3n) is 4.80. The van der Waals surface area contributed by atoms with Crippen LogP contribution in [0, 0.1) is 0 Å². The summed E-state index contributed by atoms with van der Waals surface area (Å²) in [5, 5.41) is 6.48. The van der Waals surface area contributed by atoms with Gasteiger partial charge in [-0.25, -0.2) is 10.2 Å². The number of amides is 1. The topological polar surface area (TPSA) is 67.8 Å². The SMILES string of the molecule is O=C(Cc1cccc2ccccc12)N/N=C\c1cccc(OC(=O)c2ccccc2Cl)c1. The van der Waals surface area contributed by atoms with Crippen molar-refractivity contribution in [3.8, 4) is 5.75 Å². The molecule has 0 saturated heterocycles. The Bertz CT molecular complexity index is 1310. The molecular formula is C26H19ClN2O3. The van der Waals surface area contributed by atoms with Crippen LogP contribution < -0.4 is 10.2 Å². The molecule has 0 aliphatic rings. The van der Waals surface area contributed by atoms with Gasteiger partial charge in [-0.15, -0.1) is 0 Å². The number of hydrogen-bond donors (Lipinski definition) is 1. The summed E-state index contributed by atoms with van der Waals surface area (Å²) < 4.78 is 5.40. The number of rotatable bonds is 6. The number of nitrogens with zero attached hydrogens (tertiary/aromatic N) is 1. The van der Waals surface area contributed by atoms with Crippen LogP contribution in [0.1, 0.15) is 21.5 Å². The van der Waals surface area contributed by atoms with E-state index in [1.807, 2.05) is 42.5 Å². The van der Waals surface area contributed by atoms with Gasteiger partial charge in [0.25, 0.3) is 0 Å². The molecule has 0 bridgehead atoms. The zero-order valence-corrected chi connectivity index (χ0v) is 17.8. The van der Waals surface area contributed by atoms with Crippen molar-refractivity contribution in [3.63, 3.8) is 0 Å². The van der Waals surface area contributed by atoms with Crippen molar-refractivity contribution in [2.75, 3.05) is 0 Å². The number of esters is 1. The van der Waals surface area contributed by atoms with Gasteiger partial charge in [-0.3, -0.25) is 4.79 Å². The fourth-order valence-electron chi connectivity index (χ4n) is 3.29. The van der Waals surface area contributed by atoms with Crippen LogP contribution >= 0.6 is 11.6 Å². The monoisotopic (exact) mass is 442 g/mol. The van der Waals surface area contributed by atoms with Crippen molar-refractivity contribution in [1.82, 2.24) is 5.43 Å². The quantitative estimate of drug-likeness (QED) is 0.188. The molecular weight excluding hydrogens is 424 g/mol. The van der Waals surface area contributed by atoms with Crippen molar-refractivity contribution in [1.29, 1.82) is 0 Å². The lowest BCUT2D eigenvalue weighted by Crippen LogP contribution is -2.19. The lowest BCUT2D eigenvalue weighted by atomic mass is 10.0. The van der Waals surface area contributed by atoms with Gasteiger partial charge in [0.05, 0.1) is 23.2 Å². The van der Waals surface area contributed by atoms with Crippen LogP contribution in [0.3, 0.4) is 0 Å². The molecule has 6 heteroatoms. The zero-order chi connectivity index (χ0) is 22.3. The van der Waals surface area contributed by atoms with Gasteiger partial charge >= 0.3 is 5.97 Å². The van der Waals surface area contributed by atoms with E-state index in [-0.39, 0.29) is 17.9 Å². The Hall–Kier alpha value is -3.96. The second-order valence-corrected chi connectivity index (χ2v) is 7.46. The van der Waals surface area contributed by atoms with Crippen molar-refractivity contribution in [2.24, 2.45) is 5.10 Å². The summed E-state index contributed by atoms with van der Waals surface area (Å²) in [7, 11) is 0. The van der Waals surface area contributed by atoms with Gasteiger partial charge in [-0.1, -0.05) is 78.3 Å². The van der Waals surface area contributed by atoms with Crippen LogP contribution in [0.15, 0.2) is 96.1 Å². The molecule has 0 aliphatic carbocycles. The summed E-state index contributed by atoms with van der Waals surface area (Å²) in [5.41, 5.74) is 4.43. The zero-order valence-electron chi connectivity index (χ0n) is 17.0. The number of hydrogen-bond acceptors (Lipinski definition) is 4. The van der Waals surface area contributed by atoms with Crippen LogP contribution in [0.5, 0.6) is 5.75 Å². The molecule has 0 spiro atoms. The Kier molecular flexibility index (Phi) is 6.58. The number of nitrogens with one attached hydrogen (secondary N) is 1. The second kappa shape index (κ2) is 9.90. The summed E-state index contributed by atoms with van der Waals surface area (Å²) in [6, 6.07) is 27.3. The highest BCUT2D eigenvalue weighted by molar-refractivity contribution is 6.33. The molecule has 4 aromatic carbocycles. The summed E-state index contributed by atoms with van der Waals surface area (Å²) >= 11 is 6.04. The highest BCUT2D eigenvalue weighted by atomic mass is 35.5. The molecule has 32 heavy (non-hydrogen) atoms. The van der Waals surface area contributed by atoms with Crippen LogP contribution in [0.2, 0.25) is 5.02 Å². The number of hydrazone groups is 1. The molecule has 0 aliphatic heterocycles. The first-order valence-electron chi connectivity index (χ1n) is 9.95. The van der Waals surface area contributed by atoms with E-state index in [4.69, 9.17) is 16.3 Å². The minimum absolute atomic E-state index is 0.216. The minimum atomic E-state index is -0.548. The number of ether oxygens (including phenoxy) is 1. The molecule has 0 heterocycles. The van der Waals surface area contributed by atoms with E-state index >= 15 is 0 Å². The molecule has 0 saturated carbocycles. The van der Waals surface area contributed by atoms with Crippen LogP contribution in [-0.4, -0.2) is 18.1 Å². The van der Waals surface area contributed by atoms with Crippen LogP contribution in [0.4, 0.5) is 0 Å². The fraction of sp³-hybridized carbons (Fsp3) is 0.0385. The lowest BCUT2D eigenvalue weighted by molar-refractivity contribution is -0.120. The molecule has 4 aromatic rings. The predicted octanol–water partition coefficient (Wildman–Crippen LogP) is 5.41. The molecule has 0 unspecified atom stereocenters. The van der Waals surface area contributed by atoms with E-state index in [1.54, 1.807) is 48.5 Å². The second-order valence-electron chi connectivity index (χ2n) is 7.05. The summed E-state index contributed by atoms with van der Waals surface area (Å²) in [6.07, 6.45) is 1.71. The molecule has 0 aromatic heterocycles. The smallest absolute Gasteiger partial charge is 0.345 e. The number of fused-ring (bicyclic) bond motifs is 1. The molecule has 158 valence electrons.